The van der Waals surface area contributed by atoms with Crippen LogP contribution in [-0.4, -0.2) is 45.2 Å². The van der Waals surface area contributed by atoms with Crippen molar-refractivity contribution in [3.8, 4) is 11.6 Å². The molecule has 1 aliphatic rings. The zero-order valence-electron chi connectivity index (χ0n) is 19.0. The van der Waals surface area contributed by atoms with Crippen molar-refractivity contribution in [2.24, 2.45) is 5.92 Å². The van der Waals surface area contributed by atoms with E-state index in [1.54, 1.807) is 59.4 Å². The molecule has 0 saturated carbocycles. The second-order valence-corrected chi connectivity index (χ2v) is 8.01. The zero-order valence-corrected chi connectivity index (χ0v) is 19.0. The molecular formula is C25H23N7O3. The lowest BCUT2D eigenvalue weighted by Gasteiger charge is -2.17. The van der Waals surface area contributed by atoms with Crippen LogP contribution in [0.25, 0.3) is 5.82 Å². The molecule has 0 unspecified atom stereocenters. The molecule has 0 radical (unpaired) electrons. The lowest BCUT2D eigenvalue weighted by atomic mass is 10.1. The summed E-state index contributed by atoms with van der Waals surface area (Å²) in [4.78, 5) is 35.4. The Bertz CT molecular complexity index is 1320. The Morgan fingerprint density at radius 2 is 1.83 bits per heavy atom. The third-order valence-electron chi connectivity index (χ3n) is 5.70. The summed E-state index contributed by atoms with van der Waals surface area (Å²) in [6, 6.07) is 18.1. The molecule has 176 valence electrons. The van der Waals surface area contributed by atoms with Crippen molar-refractivity contribution < 1.29 is 14.3 Å². The minimum atomic E-state index is -0.427. The smallest absolute Gasteiger partial charge is 0.229 e. The second-order valence-electron chi connectivity index (χ2n) is 8.01. The molecule has 1 fully saturated rings. The van der Waals surface area contributed by atoms with Gasteiger partial charge in [0.25, 0.3) is 0 Å². The van der Waals surface area contributed by atoms with Crippen molar-refractivity contribution in [3.63, 3.8) is 0 Å². The van der Waals surface area contributed by atoms with Gasteiger partial charge in [0, 0.05) is 48.5 Å². The van der Waals surface area contributed by atoms with E-state index in [0.717, 1.165) is 11.4 Å². The van der Waals surface area contributed by atoms with E-state index in [9.17, 15) is 9.59 Å². The van der Waals surface area contributed by atoms with Crippen LogP contribution in [0.1, 0.15) is 6.42 Å². The van der Waals surface area contributed by atoms with Gasteiger partial charge in [0.05, 0.1) is 13.0 Å². The topological polar surface area (TPSA) is 114 Å². The Labute approximate surface area is 201 Å². The highest BCUT2D eigenvalue weighted by atomic mass is 16.5. The van der Waals surface area contributed by atoms with Gasteiger partial charge in [-0.3, -0.25) is 9.59 Å². The fraction of sp³-hybridized carbons (Fsp3) is 0.160. The highest BCUT2D eigenvalue weighted by molar-refractivity contribution is 6.03. The molecule has 1 saturated heterocycles. The predicted molar refractivity (Wildman–Crippen MR) is 131 cm³/mol. The lowest BCUT2D eigenvalue weighted by molar-refractivity contribution is -0.122. The van der Waals surface area contributed by atoms with Crippen LogP contribution >= 0.6 is 0 Å². The number of carbonyl (C=O) groups is 2. The second kappa shape index (κ2) is 9.64. The Morgan fingerprint density at radius 3 is 2.54 bits per heavy atom. The van der Waals surface area contributed by atoms with E-state index in [-0.39, 0.29) is 18.2 Å². The molecule has 35 heavy (non-hydrogen) atoms. The number of carbonyl (C=O) groups excluding carboxylic acids is 2. The quantitative estimate of drug-likeness (QED) is 0.426. The minimum absolute atomic E-state index is 0.0748. The lowest BCUT2D eigenvalue weighted by Crippen LogP contribution is -2.28. The zero-order chi connectivity index (χ0) is 24.2. The minimum Gasteiger partial charge on any atom is -0.497 e. The number of benzene rings is 2. The third kappa shape index (κ3) is 4.96. The summed E-state index contributed by atoms with van der Waals surface area (Å²) in [6.45, 7) is 0.336. The largest absolute Gasteiger partial charge is 0.497 e. The maximum absolute atomic E-state index is 12.8. The molecule has 1 aliphatic heterocycles. The first-order valence-corrected chi connectivity index (χ1v) is 11.0. The van der Waals surface area contributed by atoms with E-state index in [0.29, 0.717) is 29.6 Å². The monoisotopic (exact) mass is 469 g/mol. The molecule has 0 bridgehead atoms. The number of anilines is 4. The van der Waals surface area contributed by atoms with E-state index < -0.39 is 5.92 Å². The van der Waals surface area contributed by atoms with Gasteiger partial charge in [0.1, 0.15) is 17.9 Å². The highest BCUT2D eigenvalue weighted by Gasteiger charge is 2.35. The number of hydrogen-bond acceptors (Lipinski definition) is 7. The van der Waals surface area contributed by atoms with Gasteiger partial charge in [-0.1, -0.05) is 0 Å². The molecule has 3 heterocycles. The molecular weight excluding hydrogens is 446 g/mol. The number of rotatable bonds is 7. The average molecular weight is 470 g/mol. The highest BCUT2D eigenvalue weighted by Crippen LogP contribution is 2.28. The van der Waals surface area contributed by atoms with Crippen LogP contribution in [0, 0.1) is 5.92 Å². The summed E-state index contributed by atoms with van der Waals surface area (Å²) < 4.78 is 6.81. The molecule has 2 N–H and O–H groups in total. The van der Waals surface area contributed by atoms with Gasteiger partial charge < -0.3 is 20.3 Å². The van der Waals surface area contributed by atoms with E-state index in [1.807, 2.05) is 30.3 Å². The van der Waals surface area contributed by atoms with E-state index in [4.69, 9.17) is 4.74 Å². The van der Waals surface area contributed by atoms with Gasteiger partial charge in [-0.25, -0.2) is 14.6 Å². The fourth-order valence-corrected chi connectivity index (χ4v) is 3.87. The van der Waals surface area contributed by atoms with E-state index >= 15 is 0 Å². The maximum atomic E-state index is 12.8. The van der Waals surface area contributed by atoms with Crippen LogP contribution in [0.3, 0.4) is 0 Å². The Balaban J connectivity index is 1.19. The first-order chi connectivity index (χ1) is 17.1. The SMILES string of the molecule is COc1ccc(N2C[C@@H](C(=O)Nc3ccc(Nc4cc(-n5cccn5)ncn4)cc3)CC2=O)cc1. The van der Waals surface area contributed by atoms with Crippen LogP contribution in [0.15, 0.2) is 79.4 Å². The number of methoxy groups -OCH3 is 1. The maximum Gasteiger partial charge on any atom is 0.229 e. The normalized spacial score (nSPS) is 15.2. The van der Waals surface area contributed by atoms with Gasteiger partial charge in [0.15, 0.2) is 5.82 Å². The molecule has 0 aliphatic carbocycles. The number of aromatic nitrogens is 4. The molecule has 10 heteroatoms. The molecule has 10 nitrogen and oxygen atoms in total. The van der Waals surface area contributed by atoms with Crippen molar-refractivity contribution in [1.82, 2.24) is 19.7 Å². The Kier molecular flexibility index (Phi) is 6.08. The van der Waals surface area contributed by atoms with Gasteiger partial charge in [-0.05, 0) is 54.6 Å². The molecule has 2 amide bonds. The van der Waals surface area contributed by atoms with E-state index in [1.165, 1.54) is 6.33 Å². The van der Waals surface area contributed by atoms with Gasteiger partial charge >= 0.3 is 0 Å². The standard InChI is InChI=1S/C25H23N7O3/c1-35-21-9-7-20(8-10-21)31-15-17(13-24(31)33)25(34)30-19-5-3-18(4-6-19)29-22-14-23(27-16-26-22)32-12-2-11-28-32/h2-12,14,16-17H,13,15H2,1H3,(H,30,34)(H,26,27,29)/t17-/m0/s1. The summed E-state index contributed by atoms with van der Waals surface area (Å²) in [5.41, 5.74) is 2.20. The Morgan fingerprint density at radius 1 is 1.06 bits per heavy atom. The number of hydrogen-bond donors (Lipinski definition) is 2. The number of nitrogens with one attached hydrogen (secondary N) is 2. The van der Waals surface area contributed by atoms with Gasteiger partial charge in [-0.2, -0.15) is 5.10 Å². The van der Waals surface area contributed by atoms with Crippen molar-refractivity contribution in [2.75, 3.05) is 29.2 Å². The third-order valence-corrected chi connectivity index (χ3v) is 5.70. The fourth-order valence-electron chi connectivity index (χ4n) is 3.87. The molecule has 0 spiro atoms. The Hall–Kier alpha value is -4.73. The molecule has 5 rings (SSSR count). The summed E-state index contributed by atoms with van der Waals surface area (Å²) in [5, 5.41) is 10.3. The van der Waals surface area contributed by atoms with Crippen molar-refractivity contribution in [1.29, 1.82) is 0 Å². The molecule has 2 aromatic carbocycles. The number of ether oxygens (including phenoxy) is 1. The first kappa shape index (κ1) is 22.1. The number of nitrogens with zero attached hydrogens (tertiary/aromatic N) is 5. The molecule has 4 aromatic rings. The molecule has 1 atom stereocenters. The predicted octanol–water partition coefficient (Wildman–Crippen LogP) is 3.41. The van der Waals surface area contributed by atoms with E-state index in [2.05, 4.69) is 25.7 Å². The summed E-state index contributed by atoms with van der Waals surface area (Å²) >= 11 is 0. The summed E-state index contributed by atoms with van der Waals surface area (Å²) in [6.07, 6.45) is 5.12. The number of amides is 2. The summed E-state index contributed by atoms with van der Waals surface area (Å²) in [5.74, 6) is 1.29. The van der Waals surface area contributed by atoms with Crippen LogP contribution in [-0.2, 0) is 9.59 Å². The summed E-state index contributed by atoms with van der Waals surface area (Å²) in [7, 11) is 1.59. The van der Waals surface area contributed by atoms with Gasteiger partial charge in [-0.15, -0.1) is 0 Å². The average Bonchev–Trinajstić information content (AvgIpc) is 3.56. The molecule has 2 aromatic heterocycles. The van der Waals surface area contributed by atoms with Crippen LogP contribution in [0.5, 0.6) is 5.75 Å². The van der Waals surface area contributed by atoms with Crippen molar-refractivity contribution in [3.05, 3.63) is 79.4 Å². The van der Waals surface area contributed by atoms with Crippen LogP contribution in [0.4, 0.5) is 22.9 Å². The van der Waals surface area contributed by atoms with Crippen LogP contribution < -0.4 is 20.3 Å². The van der Waals surface area contributed by atoms with Crippen molar-refractivity contribution >= 4 is 34.7 Å². The first-order valence-electron chi connectivity index (χ1n) is 11.0. The van der Waals surface area contributed by atoms with Crippen LogP contribution in [0.2, 0.25) is 0 Å². The van der Waals surface area contributed by atoms with Crippen molar-refractivity contribution in [2.45, 2.75) is 6.42 Å². The van der Waals surface area contributed by atoms with Gasteiger partial charge in [0.2, 0.25) is 11.8 Å².